The Morgan fingerprint density at radius 1 is 1.27 bits per heavy atom. The molecule has 0 aromatic heterocycles. The van der Waals surface area contributed by atoms with E-state index < -0.39 is 5.47 Å². The zero-order valence-electron chi connectivity index (χ0n) is 10.3. The summed E-state index contributed by atoms with van der Waals surface area (Å²) in [6.07, 6.45) is 0.814. The van der Waals surface area contributed by atoms with E-state index in [9.17, 15) is 5.11 Å². The Morgan fingerprint density at radius 2 is 1.80 bits per heavy atom. The van der Waals surface area contributed by atoms with E-state index in [4.69, 9.17) is 16.3 Å². The summed E-state index contributed by atoms with van der Waals surface area (Å²) in [6, 6.07) is 0. The standard InChI is InChI=1S/C10H23O2PS2/c1-8(2)6-13(14,12-9(3)4)15-7-10(5)11/h8-11H,6-7H2,1-5H3. The van der Waals surface area contributed by atoms with Gasteiger partial charge >= 0.3 is 0 Å². The van der Waals surface area contributed by atoms with E-state index >= 15 is 0 Å². The fourth-order valence-electron chi connectivity index (χ4n) is 1.12. The molecule has 2 unspecified atom stereocenters. The minimum absolute atomic E-state index is 0.177. The number of hydrogen-bond acceptors (Lipinski definition) is 4. The fourth-order valence-corrected chi connectivity index (χ4v) is 8.54. The summed E-state index contributed by atoms with van der Waals surface area (Å²) in [5.41, 5.74) is -1.80. The third-order valence-electron chi connectivity index (χ3n) is 1.47. The van der Waals surface area contributed by atoms with E-state index in [1.54, 1.807) is 18.3 Å². The average Bonchev–Trinajstić information content (AvgIpc) is 1.97. The van der Waals surface area contributed by atoms with Gasteiger partial charge in [0.15, 0.2) is 0 Å². The maximum Gasteiger partial charge on any atom is 0.120 e. The first-order valence-electron chi connectivity index (χ1n) is 5.35. The molecule has 0 spiro atoms. The van der Waals surface area contributed by atoms with Crippen LogP contribution in [0.5, 0.6) is 0 Å². The van der Waals surface area contributed by atoms with Crippen molar-refractivity contribution < 1.29 is 9.63 Å². The normalized spacial score (nSPS) is 18.1. The van der Waals surface area contributed by atoms with Gasteiger partial charge in [0.25, 0.3) is 0 Å². The van der Waals surface area contributed by atoms with Gasteiger partial charge in [-0.15, -0.1) is 0 Å². The second kappa shape index (κ2) is 7.29. The van der Waals surface area contributed by atoms with Crippen LogP contribution in [0, 0.1) is 5.92 Å². The number of aliphatic hydroxyl groups is 1. The molecule has 0 amide bonds. The van der Waals surface area contributed by atoms with Crippen LogP contribution in [0.25, 0.3) is 0 Å². The Bertz CT molecular complexity index is 203. The molecule has 0 bridgehead atoms. The molecular weight excluding hydrogens is 247 g/mol. The van der Waals surface area contributed by atoms with Crippen LogP contribution in [0.1, 0.15) is 34.6 Å². The summed E-state index contributed by atoms with van der Waals surface area (Å²) in [6.45, 7) is 10.1. The van der Waals surface area contributed by atoms with Crippen molar-refractivity contribution in [3.8, 4) is 0 Å². The lowest BCUT2D eigenvalue weighted by Crippen LogP contribution is -2.08. The van der Waals surface area contributed by atoms with Crippen molar-refractivity contribution in [3.63, 3.8) is 0 Å². The summed E-state index contributed by atoms with van der Waals surface area (Å²) in [5, 5.41) is 9.28. The first-order chi connectivity index (χ1) is 6.75. The first-order valence-corrected chi connectivity index (χ1v) is 9.85. The molecule has 0 aromatic rings. The summed E-state index contributed by atoms with van der Waals surface area (Å²) in [4.78, 5) is 0. The zero-order valence-corrected chi connectivity index (χ0v) is 12.8. The van der Waals surface area contributed by atoms with Crippen LogP contribution in [0.4, 0.5) is 0 Å². The lowest BCUT2D eigenvalue weighted by molar-refractivity contribution is 0.220. The van der Waals surface area contributed by atoms with Gasteiger partial charge in [-0.3, -0.25) is 0 Å². The predicted molar refractivity (Wildman–Crippen MR) is 74.3 cm³/mol. The SMILES string of the molecule is CC(C)CP(=S)(OC(C)C)SCC(C)O. The van der Waals surface area contributed by atoms with Crippen LogP contribution in [0.3, 0.4) is 0 Å². The third-order valence-corrected chi connectivity index (χ3v) is 8.40. The van der Waals surface area contributed by atoms with Gasteiger partial charge in [-0.05, 0) is 26.7 Å². The highest BCUT2D eigenvalue weighted by molar-refractivity contribution is 8.69. The van der Waals surface area contributed by atoms with Gasteiger partial charge in [-0.1, -0.05) is 37.0 Å². The minimum atomic E-state index is -1.80. The zero-order chi connectivity index (χ0) is 12.1. The van der Waals surface area contributed by atoms with Gasteiger partial charge in [0, 0.05) is 11.9 Å². The van der Waals surface area contributed by atoms with Crippen molar-refractivity contribution in [2.75, 3.05) is 11.9 Å². The van der Waals surface area contributed by atoms with E-state index in [1.807, 2.05) is 13.8 Å². The van der Waals surface area contributed by atoms with Crippen molar-refractivity contribution in [2.24, 2.45) is 5.92 Å². The highest BCUT2D eigenvalue weighted by Gasteiger charge is 2.22. The quantitative estimate of drug-likeness (QED) is 0.717. The molecule has 1 N–H and O–H groups in total. The van der Waals surface area contributed by atoms with Crippen LogP contribution >= 0.6 is 16.8 Å². The van der Waals surface area contributed by atoms with Crippen molar-refractivity contribution in [3.05, 3.63) is 0 Å². The van der Waals surface area contributed by atoms with E-state index in [-0.39, 0.29) is 12.2 Å². The Morgan fingerprint density at radius 3 is 2.13 bits per heavy atom. The average molecular weight is 270 g/mol. The highest BCUT2D eigenvalue weighted by atomic mass is 32.9. The topological polar surface area (TPSA) is 29.5 Å². The van der Waals surface area contributed by atoms with Crippen LogP contribution in [0.2, 0.25) is 0 Å². The molecule has 2 atom stereocenters. The molecule has 0 heterocycles. The lowest BCUT2D eigenvalue weighted by Gasteiger charge is -2.26. The fraction of sp³-hybridized carbons (Fsp3) is 1.00. The molecule has 0 aliphatic rings. The van der Waals surface area contributed by atoms with E-state index in [0.29, 0.717) is 11.7 Å². The molecule has 0 radical (unpaired) electrons. The van der Waals surface area contributed by atoms with Gasteiger partial charge in [0.2, 0.25) is 0 Å². The monoisotopic (exact) mass is 270 g/mol. The molecule has 0 aliphatic carbocycles. The molecule has 0 fully saturated rings. The van der Waals surface area contributed by atoms with Crippen LogP contribution in [0.15, 0.2) is 0 Å². The second-order valence-corrected chi connectivity index (χ2v) is 11.9. The lowest BCUT2D eigenvalue weighted by atomic mass is 10.3. The van der Waals surface area contributed by atoms with Crippen LogP contribution in [-0.4, -0.2) is 29.2 Å². The Hall–Kier alpha value is 0.920. The number of aliphatic hydroxyl groups excluding tert-OH is 1. The van der Waals surface area contributed by atoms with Crippen molar-refractivity contribution in [1.82, 2.24) is 0 Å². The molecule has 0 saturated heterocycles. The molecule has 15 heavy (non-hydrogen) atoms. The minimum Gasteiger partial charge on any atom is -0.393 e. The van der Waals surface area contributed by atoms with E-state index in [1.165, 1.54) is 0 Å². The number of hydrogen-bond donors (Lipinski definition) is 1. The Kier molecular flexibility index (Phi) is 7.73. The maximum absolute atomic E-state index is 9.28. The summed E-state index contributed by atoms with van der Waals surface area (Å²) in [7, 11) is 0. The largest absolute Gasteiger partial charge is 0.393 e. The molecule has 2 nitrogen and oxygen atoms in total. The first kappa shape index (κ1) is 15.9. The van der Waals surface area contributed by atoms with Crippen LogP contribution in [-0.2, 0) is 16.3 Å². The third kappa shape index (κ3) is 8.70. The molecular formula is C10H23O2PS2. The highest BCUT2D eigenvalue weighted by Crippen LogP contribution is 2.61. The maximum atomic E-state index is 9.28. The molecule has 5 heteroatoms. The van der Waals surface area contributed by atoms with Gasteiger partial charge in [-0.25, -0.2) is 0 Å². The summed E-state index contributed by atoms with van der Waals surface area (Å²) < 4.78 is 5.88. The molecule has 0 aromatic carbocycles. The van der Waals surface area contributed by atoms with E-state index in [0.717, 1.165) is 6.16 Å². The Balaban J connectivity index is 4.34. The summed E-state index contributed by atoms with van der Waals surface area (Å²) in [5.74, 6) is 1.23. The smallest absolute Gasteiger partial charge is 0.120 e. The van der Waals surface area contributed by atoms with Crippen molar-refractivity contribution in [2.45, 2.75) is 46.8 Å². The Labute approximate surface area is 103 Å². The molecule has 0 aliphatic heterocycles. The molecule has 0 rings (SSSR count). The summed E-state index contributed by atoms with van der Waals surface area (Å²) >= 11 is 7.26. The van der Waals surface area contributed by atoms with Crippen LogP contribution < -0.4 is 0 Å². The van der Waals surface area contributed by atoms with Gasteiger partial charge in [0.05, 0.1) is 12.2 Å². The van der Waals surface area contributed by atoms with Crippen molar-refractivity contribution in [1.29, 1.82) is 0 Å². The second-order valence-electron chi connectivity index (χ2n) is 4.49. The predicted octanol–water partition coefficient (Wildman–Crippen LogP) is 3.49. The van der Waals surface area contributed by atoms with Gasteiger partial charge < -0.3 is 9.63 Å². The van der Waals surface area contributed by atoms with Gasteiger partial charge in [0.1, 0.15) is 5.47 Å². The number of rotatable bonds is 7. The van der Waals surface area contributed by atoms with Gasteiger partial charge in [-0.2, -0.15) is 0 Å². The molecule has 92 valence electrons. The van der Waals surface area contributed by atoms with Crippen molar-refractivity contribution >= 4 is 28.7 Å². The van der Waals surface area contributed by atoms with E-state index in [2.05, 4.69) is 13.8 Å². The molecule has 0 saturated carbocycles.